The Kier molecular flexibility index (Phi) is 5.58. The van der Waals surface area contributed by atoms with Crippen LogP contribution in [0.4, 0.5) is 20.2 Å². The van der Waals surface area contributed by atoms with Crippen molar-refractivity contribution in [3.8, 4) is 11.1 Å². The maximum Gasteiger partial charge on any atom is 0.341 e. The summed E-state index contributed by atoms with van der Waals surface area (Å²) in [4.78, 5) is 32.1. The summed E-state index contributed by atoms with van der Waals surface area (Å²) in [6.45, 7) is 2.62. The summed E-state index contributed by atoms with van der Waals surface area (Å²) in [5.41, 5.74) is 8.27. The number of hydrogen-bond donors (Lipinski definition) is 5. The number of nitrogens with one attached hydrogen (secondary N) is 3. The maximum atomic E-state index is 15.4. The van der Waals surface area contributed by atoms with Crippen molar-refractivity contribution >= 4 is 44.8 Å². The number of carboxylic acid groups (broad SMARTS) is 1. The molecule has 11 heteroatoms. The fourth-order valence-corrected chi connectivity index (χ4v) is 5.28. The van der Waals surface area contributed by atoms with Crippen molar-refractivity contribution in [1.82, 2.24) is 14.4 Å². The fourth-order valence-electron chi connectivity index (χ4n) is 5.28. The number of nitrogens with zero attached hydrogens (tertiary/aromatic N) is 2. The molecule has 0 spiro atoms. The van der Waals surface area contributed by atoms with E-state index in [0.717, 1.165) is 18.9 Å². The molecule has 9 nitrogen and oxygen atoms in total. The molecule has 1 aliphatic carbocycles. The average Bonchev–Trinajstić information content (AvgIpc) is 3.32. The van der Waals surface area contributed by atoms with E-state index in [-0.39, 0.29) is 22.4 Å². The third-order valence-electron chi connectivity index (χ3n) is 7.87. The van der Waals surface area contributed by atoms with Gasteiger partial charge in [0.2, 0.25) is 0 Å². The summed E-state index contributed by atoms with van der Waals surface area (Å²) in [5.74, 6) is -3.33. The van der Waals surface area contributed by atoms with Gasteiger partial charge < -0.3 is 26.5 Å². The predicted octanol–water partition coefficient (Wildman–Crippen LogP) is 4.55. The lowest BCUT2D eigenvalue weighted by atomic mass is 10.0. The highest BCUT2D eigenvalue weighted by atomic mass is 19.2. The summed E-state index contributed by atoms with van der Waals surface area (Å²) < 4.78 is 31.3. The second-order valence-corrected chi connectivity index (χ2v) is 10.3. The third kappa shape index (κ3) is 3.88. The fraction of sp³-hybridized carbons (Fsp3) is 0.250. The van der Waals surface area contributed by atoms with Crippen LogP contribution in [-0.2, 0) is 0 Å². The molecule has 0 unspecified atom stereocenters. The Morgan fingerprint density at radius 2 is 2.03 bits per heavy atom. The highest BCUT2D eigenvalue weighted by Crippen LogP contribution is 2.47. The number of carboxylic acids is 1. The van der Waals surface area contributed by atoms with Crippen LogP contribution in [0, 0.1) is 17.0 Å². The zero-order valence-corrected chi connectivity index (χ0v) is 21.2. The van der Waals surface area contributed by atoms with Crippen LogP contribution in [0.25, 0.3) is 38.6 Å². The number of nitrogens with two attached hydrogens (primary N) is 1. The molecule has 1 saturated carbocycles. The largest absolute Gasteiger partial charge is 0.477 e. The van der Waals surface area contributed by atoms with Gasteiger partial charge in [0.1, 0.15) is 11.2 Å². The van der Waals surface area contributed by atoms with Gasteiger partial charge in [-0.1, -0.05) is 13.0 Å². The Balaban J connectivity index is 1.60. The van der Waals surface area contributed by atoms with Crippen LogP contribution in [0.1, 0.15) is 30.1 Å². The second-order valence-electron chi connectivity index (χ2n) is 10.3. The lowest BCUT2D eigenvalue weighted by Gasteiger charge is -2.17. The van der Waals surface area contributed by atoms with Gasteiger partial charge >= 0.3 is 5.97 Å². The average molecular weight is 533 g/mol. The number of aromatic nitrogens is 3. The zero-order chi connectivity index (χ0) is 27.6. The summed E-state index contributed by atoms with van der Waals surface area (Å²) in [5, 5.41) is 16.1. The summed E-state index contributed by atoms with van der Waals surface area (Å²) in [6, 6.07) is 7.48. The van der Waals surface area contributed by atoms with Gasteiger partial charge in [0.05, 0.1) is 27.7 Å². The molecule has 4 aromatic heterocycles. The number of anilines is 2. The molecule has 0 saturated heterocycles. The van der Waals surface area contributed by atoms with Gasteiger partial charge in [-0.2, -0.15) is 0 Å². The van der Waals surface area contributed by atoms with Crippen molar-refractivity contribution in [2.24, 2.45) is 11.1 Å². The van der Waals surface area contributed by atoms with Gasteiger partial charge in [-0.05, 0) is 36.5 Å². The van der Waals surface area contributed by atoms with E-state index in [1.54, 1.807) is 31.4 Å². The first kappa shape index (κ1) is 24.8. The number of pyridine rings is 3. The van der Waals surface area contributed by atoms with E-state index in [9.17, 15) is 19.1 Å². The van der Waals surface area contributed by atoms with Crippen molar-refractivity contribution in [2.75, 3.05) is 24.2 Å². The molecule has 5 aromatic rings. The van der Waals surface area contributed by atoms with Gasteiger partial charge in [-0.15, -0.1) is 0 Å². The standard InChI is InChI=1S/C28H26F2N6O3/c1-28(10-19(28)31)7-8-33-23-16(13-3-4-14-5-6-15(27(38)39)26(37)36(14)12-13)11-34-25-21(23)20-22(30)17(29)9-18(32-2)24(20)35-25/h3-6,9,11-12,19,32H,7-8,10,31H2,1-2H3,(H,38,39)(H2,33,34,35)/t19-,28+/m1/s1. The van der Waals surface area contributed by atoms with Crippen molar-refractivity contribution in [3.63, 3.8) is 0 Å². The number of aromatic carboxylic acids is 1. The molecule has 0 bridgehead atoms. The number of carbonyl (C=O) groups is 1. The number of rotatable bonds is 7. The minimum Gasteiger partial charge on any atom is -0.477 e. The molecule has 6 N–H and O–H groups in total. The van der Waals surface area contributed by atoms with Gasteiger partial charge in [-0.3, -0.25) is 9.20 Å². The molecule has 1 fully saturated rings. The number of benzene rings is 1. The van der Waals surface area contributed by atoms with Gasteiger partial charge in [0.25, 0.3) is 5.56 Å². The Morgan fingerprint density at radius 1 is 1.28 bits per heavy atom. The molecule has 0 amide bonds. The van der Waals surface area contributed by atoms with Crippen molar-refractivity contribution in [1.29, 1.82) is 0 Å². The molecule has 4 heterocycles. The Morgan fingerprint density at radius 3 is 2.72 bits per heavy atom. The monoisotopic (exact) mass is 532 g/mol. The van der Waals surface area contributed by atoms with Gasteiger partial charge in [0, 0.05) is 54.7 Å². The summed E-state index contributed by atoms with van der Waals surface area (Å²) in [7, 11) is 1.62. The lowest BCUT2D eigenvalue weighted by molar-refractivity contribution is 0.0694. The SMILES string of the molecule is CNc1cc(F)c(F)c2c1[nH]c1ncc(-c3ccc4ccc(C(=O)O)c(=O)n4c3)c(NCC[C@@]3(C)C[C@H]3N)c12. The maximum absolute atomic E-state index is 15.4. The van der Waals surface area contributed by atoms with Crippen molar-refractivity contribution in [3.05, 3.63) is 70.3 Å². The quantitative estimate of drug-likeness (QED) is 0.207. The van der Waals surface area contributed by atoms with E-state index in [1.807, 2.05) is 0 Å². The number of aromatic amines is 1. The van der Waals surface area contributed by atoms with E-state index >= 15 is 4.39 Å². The van der Waals surface area contributed by atoms with Gasteiger partial charge in [0.15, 0.2) is 11.6 Å². The predicted molar refractivity (Wildman–Crippen MR) is 146 cm³/mol. The summed E-state index contributed by atoms with van der Waals surface area (Å²) >= 11 is 0. The molecule has 1 aromatic carbocycles. The Labute approximate surface area is 220 Å². The van der Waals surface area contributed by atoms with E-state index in [2.05, 4.69) is 27.5 Å². The van der Waals surface area contributed by atoms with E-state index in [4.69, 9.17) is 5.73 Å². The van der Waals surface area contributed by atoms with E-state index in [1.165, 1.54) is 16.7 Å². The van der Waals surface area contributed by atoms with E-state index < -0.39 is 23.2 Å². The first-order valence-electron chi connectivity index (χ1n) is 12.5. The van der Waals surface area contributed by atoms with Crippen LogP contribution < -0.4 is 21.9 Å². The zero-order valence-electron chi connectivity index (χ0n) is 21.2. The van der Waals surface area contributed by atoms with Crippen LogP contribution >= 0.6 is 0 Å². The molecule has 0 radical (unpaired) electrons. The molecule has 200 valence electrons. The number of H-pyrrole nitrogens is 1. The van der Waals surface area contributed by atoms with Crippen molar-refractivity contribution < 1.29 is 18.7 Å². The highest BCUT2D eigenvalue weighted by molar-refractivity contribution is 6.17. The normalized spacial score (nSPS) is 18.6. The minimum absolute atomic E-state index is 0.000322. The number of halogens is 2. The van der Waals surface area contributed by atoms with Crippen LogP contribution in [0.2, 0.25) is 0 Å². The van der Waals surface area contributed by atoms with Crippen LogP contribution in [0.15, 0.2) is 47.5 Å². The molecular weight excluding hydrogens is 506 g/mol. The third-order valence-corrected chi connectivity index (χ3v) is 7.87. The number of fused-ring (bicyclic) bond motifs is 4. The molecule has 1 aliphatic rings. The molecule has 2 atom stereocenters. The van der Waals surface area contributed by atoms with Crippen LogP contribution in [-0.4, -0.2) is 45.1 Å². The first-order valence-corrected chi connectivity index (χ1v) is 12.5. The Hall–Kier alpha value is -4.51. The topological polar surface area (TPSA) is 138 Å². The Bertz CT molecular complexity index is 1880. The van der Waals surface area contributed by atoms with Crippen LogP contribution in [0.3, 0.4) is 0 Å². The second kappa shape index (κ2) is 8.77. The summed E-state index contributed by atoms with van der Waals surface area (Å²) in [6.07, 6.45) is 4.79. The molecule has 0 aliphatic heterocycles. The first-order chi connectivity index (χ1) is 18.6. The smallest absolute Gasteiger partial charge is 0.341 e. The van der Waals surface area contributed by atoms with E-state index in [0.29, 0.717) is 51.1 Å². The highest BCUT2D eigenvalue weighted by Gasteiger charge is 2.46. The number of hydrogen-bond acceptors (Lipinski definition) is 6. The van der Waals surface area contributed by atoms with Gasteiger partial charge in [-0.25, -0.2) is 18.6 Å². The minimum atomic E-state index is -1.33. The lowest BCUT2D eigenvalue weighted by Crippen LogP contribution is -2.21. The van der Waals surface area contributed by atoms with Crippen LogP contribution in [0.5, 0.6) is 0 Å². The molecule has 39 heavy (non-hydrogen) atoms. The molecular formula is C28H26F2N6O3. The molecule has 6 rings (SSSR count). The van der Waals surface area contributed by atoms with Crippen molar-refractivity contribution in [2.45, 2.75) is 25.8 Å².